The molecule has 0 radical (unpaired) electrons. The van der Waals surface area contributed by atoms with Crippen molar-refractivity contribution in [1.82, 2.24) is 0 Å². The molecule has 0 bridgehead atoms. The normalized spacial score (nSPS) is 10.2. The van der Waals surface area contributed by atoms with Crippen LogP contribution in [0.15, 0.2) is 42.5 Å². The third-order valence-corrected chi connectivity index (χ3v) is 2.71. The summed E-state index contributed by atoms with van der Waals surface area (Å²) in [5, 5.41) is 9.46. The zero-order valence-corrected chi connectivity index (χ0v) is 9.41. The zero-order valence-electron chi connectivity index (χ0n) is 8.65. The van der Waals surface area contributed by atoms with Crippen molar-refractivity contribution in [2.45, 2.75) is 0 Å². The number of benzene rings is 2. The number of carboxylic acid groups (broad SMARTS) is 1. The maximum Gasteiger partial charge on any atom is 0.336 e. The smallest absolute Gasteiger partial charge is 0.336 e. The molecular weight excluding hydrogens is 243 g/mol. The number of halogens is 2. The van der Waals surface area contributed by atoms with Crippen LogP contribution in [0.25, 0.3) is 11.1 Å². The van der Waals surface area contributed by atoms with Gasteiger partial charge in [-0.25, -0.2) is 9.18 Å². The quantitative estimate of drug-likeness (QED) is 0.879. The van der Waals surface area contributed by atoms with Gasteiger partial charge in [0.2, 0.25) is 0 Å². The van der Waals surface area contributed by atoms with Crippen LogP contribution in [0, 0.1) is 5.82 Å². The lowest BCUT2D eigenvalue weighted by atomic mass is 9.99. The molecule has 0 unspecified atom stereocenters. The minimum absolute atomic E-state index is 0.0990. The van der Waals surface area contributed by atoms with E-state index in [-0.39, 0.29) is 5.56 Å². The minimum Gasteiger partial charge on any atom is -0.478 e. The Balaban J connectivity index is 2.68. The molecule has 2 aromatic carbocycles. The average molecular weight is 251 g/mol. The molecule has 2 rings (SSSR count). The van der Waals surface area contributed by atoms with E-state index in [4.69, 9.17) is 16.7 Å². The second-order valence-electron chi connectivity index (χ2n) is 3.47. The van der Waals surface area contributed by atoms with Gasteiger partial charge in [-0.2, -0.15) is 0 Å². The van der Waals surface area contributed by atoms with Gasteiger partial charge in [0.25, 0.3) is 0 Å². The summed E-state index contributed by atoms with van der Waals surface area (Å²) in [6.07, 6.45) is 0. The molecule has 17 heavy (non-hydrogen) atoms. The van der Waals surface area contributed by atoms with Gasteiger partial charge in [0, 0.05) is 10.6 Å². The Morgan fingerprint density at radius 2 is 1.82 bits per heavy atom. The summed E-state index contributed by atoms with van der Waals surface area (Å²) in [6, 6.07) is 10.5. The van der Waals surface area contributed by atoms with Crippen LogP contribution >= 0.6 is 11.6 Å². The molecule has 0 saturated heterocycles. The van der Waals surface area contributed by atoms with Crippen molar-refractivity contribution in [1.29, 1.82) is 0 Å². The molecule has 0 saturated carbocycles. The van der Waals surface area contributed by atoms with E-state index in [9.17, 15) is 9.18 Å². The number of hydrogen-bond acceptors (Lipinski definition) is 1. The van der Waals surface area contributed by atoms with Gasteiger partial charge in [-0.05, 0) is 23.8 Å². The van der Waals surface area contributed by atoms with E-state index < -0.39 is 11.8 Å². The Morgan fingerprint density at radius 1 is 1.12 bits per heavy atom. The second kappa shape index (κ2) is 4.55. The van der Waals surface area contributed by atoms with Crippen LogP contribution in [0.4, 0.5) is 4.39 Å². The standard InChI is InChI=1S/C13H8ClFO2/c14-12-4-2-1-3-10(12)9-6-5-8(15)7-11(9)13(16)17/h1-7H,(H,16,17). The van der Waals surface area contributed by atoms with E-state index in [1.54, 1.807) is 24.3 Å². The van der Waals surface area contributed by atoms with Crippen LogP contribution in [-0.4, -0.2) is 11.1 Å². The van der Waals surface area contributed by atoms with Gasteiger partial charge in [0.1, 0.15) is 5.82 Å². The number of carbonyl (C=O) groups is 1. The fourth-order valence-corrected chi connectivity index (χ4v) is 1.85. The largest absolute Gasteiger partial charge is 0.478 e. The summed E-state index contributed by atoms with van der Waals surface area (Å²) in [5.41, 5.74) is 0.883. The number of hydrogen-bond donors (Lipinski definition) is 1. The Morgan fingerprint density at radius 3 is 2.47 bits per heavy atom. The van der Waals surface area contributed by atoms with Crippen molar-refractivity contribution in [2.75, 3.05) is 0 Å². The second-order valence-corrected chi connectivity index (χ2v) is 3.88. The summed E-state index contributed by atoms with van der Waals surface area (Å²) < 4.78 is 13.0. The maximum atomic E-state index is 13.0. The molecule has 4 heteroatoms. The van der Waals surface area contributed by atoms with Crippen molar-refractivity contribution in [3.8, 4) is 11.1 Å². The van der Waals surface area contributed by atoms with Gasteiger partial charge < -0.3 is 5.11 Å². The molecule has 0 fully saturated rings. The van der Waals surface area contributed by atoms with E-state index in [1.807, 2.05) is 0 Å². The van der Waals surface area contributed by atoms with Gasteiger partial charge >= 0.3 is 5.97 Å². The summed E-state index contributed by atoms with van der Waals surface area (Å²) in [4.78, 5) is 11.0. The Labute approximate surface area is 102 Å². The zero-order chi connectivity index (χ0) is 12.4. The average Bonchev–Trinajstić information content (AvgIpc) is 2.30. The molecule has 0 aliphatic rings. The summed E-state index contributed by atoms with van der Waals surface area (Å²) >= 11 is 5.99. The van der Waals surface area contributed by atoms with Gasteiger partial charge in [0.15, 0.2) is 0 Å². The van der Waals surface area contributed by atoms with Gasteiger partial charge in [-0.3, -0.25) is 0 Å². The highest BCUT2D eigenvalue weighted by molar-refractivity contribution is 6.33. The van der Waals surface area contributed by atoms with Crippen molar-refractivity contribution >= 4 is 17.6 Å². The first-order valence-corrected chi connectivity index (χ1v) is 5.25. The van der Waals surface area contributed by atoms with E-state index in [2.05, 4.69) is 0 Å². The third-order valence-electron chi connectivity index (χ3n) is 2.38. The monoisotopic (exact) mass is 250 g/mol. The molecule has 0 heterocycles. The molecule has 0 aliphatic heterocycles. The first-order valence-electron chi connectivity index (χ1n) is 4.87. The first kappa shape index (κ1) is 11.6. The Hall–Kier alpha value is -1.87. The first-order chi connectivity index (χ1) is 8.09. The highest BCUT2D eigenvalue weighted by Crippen LogP contribution is 2.30. The lowest BCUT2D eigenvalue weighted by Crippen LogP contribution is -2.00. The Bertz CT molecular complexity index is 581. The fraction of sp³-hybridized carbons (Fsp3) is 0. The lowest BCUT2D eigenvalue weighted by molar-refractivity contribution is 0.0697. The van der Waals surface area contributed by atoms with E-state index in [0.717, 1.165) is 6.07 Å². The molecule has 0 spiro atoms. The maximum absolute atomic E-state index is 13.0. The summed E-state index contributed by atoms with van der Waals surface area (Å²) in [6.45, 7) is 0. The highest BCUT2D eigenvalue weighted by Gasteiger charge is 2.14. The highest BCUT2D eigenvalue weighted by atomic mass is 35.5. The van der Waals surface area contributed by atoms with E-state index in [0.29, 0.717) is 16.1 Å². The van der Waals surface area contributed by atoms with Gasteiger partial charge in [0.05, 0.1) is 5.56 Å². The molecule has 0 atom stereocenters. The third kappa shape index (κ3) is 2.29. The molecule has 86 valence electrons. The van der Waals surface area contributed by atoms with Gasteiger partial charge in [-0.1, -0.05) is 35.9 Å². The van der Waals surface area contributed by atoms with E-state index >= 15 is 0 Å². The molecule has 2 nitrogen and oxygen atoms in total. The van der Waals surface area contributed by atoms with Crippen molar-refractivity contribution < 1.29 is 14.3 Å². The predicted octanol–water partition coefficient (Wildman–Crippen LogP) is 3.84. The number of aromatic carboxylic acids is 1. The van der Waals surface area contributed by atoms with Crippen LogP contribution in [0.1, 0.15) is 10.4 Å². The number of carboxylic acids is 1. The Kier molecular flexibility index (Phi) is 3.11. The molecule has 0 aliphatic carbocycles. The number of rotatable bonds is 2. The van der Waals surface area contributed by atoms with Crippen LogP contribution in [0.5, 0.6) is 0 Å². The van der Waals surface area contributed by atoms with Crippen molar-refractivity contribution in [3.63, 3.8) is 0 Å². The molecule has 2 aromatic rings. The van der Waals surface area contributed by atoms with Crippen LogP contribution in [0.2, 0.25) is 5.02 Å². The SMILES string of the molecule is O=C(O)c1cc(F)ccc1-c1ccccc1Cl. The molecule has 1 N–H and O–H groups in total. The lowest BCUT2D eigenvalue weighted by Gasteiger charge is -2.08. The van der Waals surface area contributed by atoms with E-state index in [1.165, 1.54) is 12.1 Å². The topological polar surface area (TPSA) is 37.3 Å². The van der Waals surface area contributed by atoms with Gasteiger partial charge in [-0.15, -0.1) is 0 Å². The van der Waals surface area contributed by atoms with Crippen molar-refractivity contribution in [2.24, 2.45) is 0 Å². The molecular formula is C13H8ClFO2. The van der Waals surface area contributed by atoms with Crippen LogP contribution < -0.4 is 0 Å². The minimum atomic E-state index is -1.18. The van der Waals surface area contributed by atoms with Crippen LogP contribution in [-0.2, 0) is 0 Å². The van der Waals surface area contributed by atoms with Crippen molar-refractivity contribution in [3.05, 3.63) is 58.9 Å². The summed E-state index contributed by atoms with van der Waals surface area (Å²) in [7, 11) is 0. The van der Waals surface area contributed by atoms with Crippen LogP contribution in [0.3, 0.4) is 0 Å². The molecule has 0 amide bonds. The fourth-order valence-electron chi connectivity index (χ4n) is 1.61. The predicted molar refractivity (Wildman–Crippen MR) is 63.8 cm³/mol. The molecule has 0 aromatic heterocycles. The summed E-state index contributed by atoms with van der Waals surface area (Å²) in [5.74, 6) is -1.77.